The van der Waals surface area contributed by atoms with Gasteiger partial charge in [-0.05, 0) is 48.6 Å². The average molecular weight is 493 g/mol. The standard InChI is InChI=1S/C29H36N2O3S/c1-20(21-10-6-4-7-11-21)30-17-24(22-12-8-5-9-13-22)25(18-30)27(32)31-26-16-23-14-15-29(26,28(23,2)3)19-35(31,33)34/h4-13,20,23-26H,14-19H2,1-3H3/t20-,23-,24+,25-,26-,29-/m1/s1. The van der Waals surface area contributed by atoms with Gasteiger partial charge in [-0.25, -0.2) is 12.7 Å². The fourth-order valence-corrected chi connectivity index (χ4v) is 10.7. The van der Waals surface area contributed by atoms with Crippen LogP contribution in [0.15, 0.2) is 60.7 Å². The number of likely N-dealkylation sites (tertiary alicyclic amines) is 1. The molecule has 2 bridgehead atoms. The molecular formula is C29H36N2O3S. The molecule has 2 aromatic carbocycles. The number of sulfonamides is 1. The molecule has 1 amide bonds. The average Bonchev–Trinajstić information content (AvgIpc) is 3.52. The number of hydrogen-bond acceptors (Lipinski definition) is 4. The maximum absolute atomic E-state index is 14.3. The van der Waals surface area contributed by atoms with E-state index in [1.54, 1.807) is 0 Å². The molecule has 2 heterocycles. The number of hydrogen-bond donors (Lipinski definition) is 0. The van der Waals surface area contributed by atoms with Gasteiger partial charge in [0.15, 0.2) is 0 Å². The van der Waals surface area contributed by atoms with Crippen LogP contribution in [0.3, 0.4) is 0 Å². The Labute approximate surface area is 209 Å². The van der Waals surface area contributed by atoms with Crippen molar-refractivity contribution < 1.29 is 13.2 Å². The quantitative estimate of drug-likeness (QED) is 0.613. The van der Waals surface area contributed by atoms with Gasteiger partial charge in [-0.3, -0.25) is 9.69 Å². The van der Waals surface area contributed by atoms with Crippen LogP contribution in [0.25, 0.3) is 0 Å². The number of rotatable bonds is 4. The zero-order valence-corrected chi connectivity index (χ0v) is 21.7. The van der Waals surface area contributed by atoms with Gasteiger partial charge in [0.05, 0.1) is 17.7 Å². The van der Waals surface area contributed by atoms with E-state index in [1.807, 2.05) is 36.4 Å². The van der Waals surface area contributed by atoms with Crippen LogP contribution in [0, 0.1) is 22.7 Å². The molecule has 4 aliphatic rings. The van der Waals surface area contributed by atoms with Crippen molar-refractivity contribution in [3.05, 3.63) is 71.8 Å². The Morgan fingerprint density at radius 3 is 2.31 bits per heavy atom. The number of nitrogens with zero attached hydrogens (tertiary/aromatic N) is 2. The van der Waals surface area contributed by atoms with Crippen molar-refractivity contribution in [1.29, 1.82) is 0 Å². The molecule has 6 rings (SSSR count). The van der Waals surface area contributed by atoms with Crippen LogP contribution in [0.4, 0.5) is 0 Å². The van der Waals surface area contributed by atoms with Crippen molar-refractivity contribution in [3.8, 4) is 0 Å². The van der Waals surface area contributed by atoms with E-state index in [9.17, 15) is 13.2 Å². The highest BCUT2D eigenvalue weighted by Gasteiger charge is 2.72. The molecule has 2 aliphatic heterocycles. The molecule has 0 aromatic heterocycles. The summed E-state index contributed by atoms with van der Waals surface area (Å²) in [7, 11) is -3.63. The number of benzene rings is 2. The lowest BCUT2D eigenvalue weighted by Crippen LogP contribution is -2.47. The first-order chi connectivity index (χ1) is 16.7. The Morgan fingerprint density at radius 2 is 1.66 bits per heavy atom. The lowest BCUT2D eigenvalue weighted by molar-refractivity contribution is -0.133. The molecule has 2 aromatic rings. The summed E-state index contributed by atoms with van der Waals surface area (Å²) in [6.07, 6.45) is 2.83. The van der Waals surface area contributed by atoms with Crippen molar-refractivity contribution in [2.24, 2.45) is 22.7 Å². The summed E-state index contributed by atoms with van der Waals surface area (Å²) >= 11 is 0. The fraction of sp³-hybridized carbons (Fsp3) is 0.552. The third-order valence-electron chi connectivity index (χ3n) is 10.4. The molecule has 2 aliphatic carbocycles. The zero-order valence-electron chi connectivity index (χ0n) is 20.9. The molecule has 0 radical (unpaired) electrons. The summed E-state index contributed by atoms with van der Waals surface area (Å²) in [6.45, 7) is 7.98. The summed E-state index contributed by atoms with van der Waals surface area (Å²) in [6, 6.07) is 20.5. The van der Waals surface area contributed by atoms with Crippen molar-refractivity contribution in [1.82, 2.24) is 9.21 Å². The van der Waals surface area contributed by atoms with Gasteiger partial charge in [0.1, 0.15) is 0 Å². The Morgan fingerprint density at radius 1 is 1.00 bits per heavy atom. The molecule has 186 valence electrons. The van der Waals surface area contributed by atoms with E-state index in [-0.39, 0.29) is 46.4 Å². The smallest absolute Gasteiger partial charge is 0.241 e. The number of fused-ring (bicyclic) bond motifs is 1. The topological polar surface area (TPSA) is 57.7 Å². The fourth-order valence-electron chi connectivity index (χ4n) is 8.12. The molecule has 1 spiro atoms. The van der Waals surface area contributed by atoms with E-state index < -0.39 is 10.0 Å². The van der Waals surface area contributed by atoms with Crippen molar-refractivity contribution in [3.63, 3.8) is 0 Å². The second kappa shape index (κ2) is 7.91. The van der Waals surface area contributed by atoms with E-state index in [0.717, 1.165) is 31.4 Å². The Bertz CT molecular complexity index is 1230. The molecule has 35 heavy (non-hydrogen) atoms. The molecule has 4 fully saturated rings. The first kappa shape index (κ1) is 23.2. The van der Waals surface area contributed by atoms with Gasteiger partial charge < -0.3 is 0 Å². The predicted octanol–water partition coefficient (Wildman–Crippen LogP) is 4.83. The van der Waals surface area contributed by atoms with Gasteiger partial charge in [-0.1, -0.05) is 74.5 Å². The highest BCUT2D eigenvalue weighted by molar-refractivity contribution is 7.90. The van der Waals surface area contributed by atoms with Gasteiger partial charge in [0, 0.05) is 30.5 Å². The molecule has 6 heteroatoms. The van der Waals surface area contributed by atoms with E-state index in [1.165, 1.54) is 9.87 Å². The minimum Gasteiger partial charge on any atom is -0.295 e. The second-order valence-corrected chi connectivity index (χ2v) is 13.8. The van der Waals surface area contributed by atoms with E-state index in [0.29, 0.717) is 12.5 Å². The second-order valence-electron chi connectivity index (χ2n) is 11.9. The Hall–Kier alpha value is -2.18. The summed E-state index contributed by atoms with van der Waals surface area (Å²) in [5.74, 6) is 0.0735. The van der Waals surface area contributed by atoms with Crippen molar-refractivity contribution in [2.75, 3.05) is 18.8 Å². The van der Waals surface area contributed by atoms with E-state index >= 15 is 0 Å². The minimum absolute atomic E-state index is 0.0202. The van der Waals surface area contributed by atoms with Gasteiger partial charge in [-0.2, -0.15) is 0 Å². The van der Waals surface area contributed by atoms with Crippen LogP contribution in [0.2, 0.25) is 0 Å². The molecule has 5 nitrogen and oxygen atoms in total. The van der Waals surface area contributed by atoms with Crippen LogP contribution in [0.1, 0.15) is 63.1 Å². The highest BCUT2D eigenvalue weighted by atomic mass is 32.2. The highest BCUT2D eigenvalue weighted by Crippen LogP contribution is 2.70. The van der Waals surface area contributed by atoms with Gasteiger partial charge in [0.2, 0.25) is 15.9 Å². The number of carbonyl (C=O) groups is 1. The van der Waals surface area contributed by atoms with Crippen LogP contribution in [-0.4, -0.2) is 48.4 Å². The van der Waals surface area contributed by atoms with E-state index in [4.69, 9.17) is 0 Å². The SMILES string of the molecule is C[C@H](c1ccccc1)N1C[C@@H](C(=O)N2[C@@H]3C[C@H]4CC[C@]3(CS2(=O)=O)C4(C)C)[C@H](c2ccccc2)C1. The summed E-state index contributed by atoms with van der Waals surface area (Å²) in [5, 5.41) is 0. The van der Waals surface area contributed by atoms with Crippen LogP contribution < -0.4 is 0 Å². The predicted molar refractivity (Wildman–Crippen MR) is 137 cm³/mol. The lowest BCUT2D eigenvalue weighted by Gasteiger charge is -2.37. The van der Waals surface area contributed by atoms with Crippen LogP contribution in [0.5, 0.6) is 0 Å². The first-order valence-electron chi connectivity index (χ1n) is 13.1. The van der Waals surface area contributed by atoms with Gasteiger partial charge >= 0.3 is 0 Å². The lowest BCUT2D eigenvalue weighted by atomic mass is 9.69. The van der Waals surface area contributed by atoms with Gasteiger partial charge in [-0.15, -0.1) is 0 Å². The maximum atomic E-state index is 14.3. The molecule has 6 atom stereocenters. The molecule has 0 unspecified atom stereocenters. The molecule has 2 saturated carbocycles. The molecule has 0 N–H and O–H groups in total. The van der Waals surface area contributed by atoms with E-state index in [2.05, 4.69) is 49.9 Å². The van der Waals surface area contributed by atoms with Crippen molar-refractivity contribution >= 4 is 15.9 Å². The first-order valence-corrected chi connectivity index (χ1v) is 14.7. The maximum Gasteiger partial charge on any atom is 0.241 e. The summed E-state index contributed by atoms with van der Waals surface area (Å²) < 4.78 is 28.6. The monoisotopic (exact) mass is 492 g/mol. The largest absolute Gasteiger partial charge is 0.295 e. The van der Waals surface area contributed by atoms with Gasteiger partial charge in [0.25, 0.3) is 0 Å². The van der Waals surface area contributed by atoms with Crippen LogP contribution in [-0.2, 0) is 14.8 Å². The summed E-state index contributed by atoms with van der Waals surface area (Å²) in [5.41, 5.74) is 2.01. The Kier molecular flexibility index (Phi) is 5.25. The normalized spacial score (nSPS) is 35.8. The number of carbonyl (C=O) groups excluding carboxylic acids is 1. The summed E-state index contributed by atoms with van der Waals surface area (Å²) in [4.78, 5) is 16.7. The third kappa shape index (κ3) is 3.28. The molecular weight excluding hydrogens is 456 g/mol. The van der Waals surface area contributed by atoms with Crippen LogP contribution >= 0.6 is 0 Å². The number of amides is 1. The molecule has 2 saturated heterocycles. The van der Waals surface area contributed by atoms with Crippen molar-refractivity contribution in [2.45, 2.75) is 58.0 Å². The minimum atomic E-state index is -3.63. The Balaban J connectivity index is 1.35. The zero-order chi connectivity index (χ0) is 24.6. The third-order valence-corrected chi connectivity index (χ3v) is 12.3.